The quantitative estimate of drug-likeness (QED) is 0.405. The van der Waals surface area contributed by atoms with Crippen molar-refractivity contribution in [2.24, 2.45) is 18.9 Å². The van der Waals surface area contributed by atoms with Crippen LogP contribution in [0, 0.1) is 11.8 Å². The number of aliphatic hydroxyl groups is 1. The monoisotopic (exact) mass is 536 g/mol. The predicted molar refractivity (Wildman–Crippen MR) is 143 cm³/mol. The number of nitrogens with zero attached hydrogens (tertiary/aromatic N) is 6. The number of para-hydroxylation sites is 1. The van der Waals surface area contributed by atoms with Crippen molar-refractivity contribution in [3.63, 3.8) is 0 Å². The highest BCUT2D eigenvalue weighted by molar-refractivity contribution is 5.84. The lowest BCUT2D eigenvalue weighted by Gasteiger charge is -2.35. The van der Waals surface area contributed by atoms with Gasteiger partial charge in [0, 0.05) is 56.1 Å². The summed E-state index contributed by atoms with van der Waals surface area (Å²) in [6, 6.07) is 12.1. The smallest absolute Gasteiger partial charge is 0.387 e. The molecule has 0 amide bonds. The molecule has 2 aromatic heterocycles. The van der Waals surface area contributed by atoms with E-state index in [2.05, 4.69) is 14.9 Å². The number of ether oxygens (including phenoxy) is 1. The van der Waals surface area contributed by atoms with Crippen LogP contribution in [0.25, 0.3) is 22.0 Å². The van der Waals surface area contributed by atoms with Gasteiger partial charge in [0.1, 0.15) is 12.0 Å². The van der Waals surface area contributed by atoms with Crippen LogP contribution in [0.5, 0.6) is 5.75 Å². The van der Waals surface area contributed by atoms with E-state index in [0.29, 0.717) is 28.3 Å². The highest BCUT2D eigenvalue weighted by Crippen LogP contribution is 2.35. The predicted octanol–water partition coefficient (Wildman–Crippen LogP) is 3.15. The molecule has 9 nitrogen and oxygen atoms in total. The lowest BCUT2D eigenvalue weighted by molar-refractivity contribution is -0.0505. The maximum atomic E-state index is 12.9. The number of benzene rings is 2. The second-order valence-corrected chi connectivity index (χ2v) is 10.4. The van der Waals surface area contributed by atoms with Gasteiger partial charge >= 0.3 is 6.61 Å². The van der Waals surface area contributed by atoms with E-state index in [1.165, 1.54) is 10.7 Å². The van der Waals surface area contributed by atoms with Crippen LogP contribution < -0.4 is 15.2 Å². The first-order valence-corrected chi connectivity index (χ1v) is 13.0. The summed E-state index contributed by atoms with van der Waals surface area (Å²) in [5.74, 6) is 1.41. The first kappa shape index (κ1) is 25.4. The zero-order chi connectivity index (χ0) is 27.3. The summed E-state index contributed by atoms with van der Waals surface area (Å²) in [6.07, 6.45) is 4.08. The molecule has 0 saturated carbocycles. The van der Waals surface area contributed by atoms with Gasteiger partial charge in [-0.25, -0.2) is 9.97 Å². The van der Waals surface area contributed by atoms with Gasteiger partial charge in [0.25, 0.3) is 5.56 Å². The molecule has 0 aliphatic carbocycles. The Balaban J connectivity index is 1.27. The zero-order valence-corrected chi connectivity index (χ0v) is 21.7. The number of likely N-dealkylation sites (tertiary alicyclic amines) is 1. The molecule has 1 N–H and O–H groups in total. The Morgan fingerprint density at radius 3 is 2.62 bits per heavy atom. The minimum atomic E-state index is -2.94. The van der Waals surface area contributed by atoms with Gasteiger partial charge in [-0.3, -0.25) is 19.1 Å². The fourth-order valence-electron chi connectivity index (χ4n) is 6.01. The van der Waals surface area contributed by atoms with Gasteiger partial charge in [-0.1, -0.05) is 24.3 Å². The van der Waals surface area contributed by atoms with E-state index >= 15 is 0 Å². The number of piperidine rings is 1. The SMILES string of the molecule is CN1C[C@H]2CN(c3ncc(-c4ccc5c(=O)n(C)n(Cc6ccccc6OC(F)F)c5c4)cn3)CCC2C1O. The van der Waals surface area contributed by atoms with Gasteiger partial charge < -0.3 is 14.7 Å². The summed E-state index contributed by atoms with van der Waals surface area (Å²) >= 11 is 0. The van der Waals surface area contributed by atoms with Crippen molar-refractivity contribution < 1.29 is 18.6 Å². The molecule has 0 radical (unpaired) electrons. The van der Waals surface area contributed by atoms with Crippen molar-refractivity contribution in [1.82, 2.24) is 24.2 Å². The third-order valence-electron chi connectivity index (χ3n) is 8.08. The lowest BCUT2D eigenvalue weighted by Crippen LogP contribution is -2.42. The summed E-state index contributed by atoms with van der Waals surface area (Å²) in [6.45, 7) is -0.298. The maximum Gasteiger partial charge on any atom is 0.387 e. The topological polar surface area (TPSA) is 88.7 Å². The summed E-state index contributed by atoms with van der Waals surface area (Å²) < 4.78 is 33.8. The standard InChI is InChI=1S/C28H30F2N6O3/c1-33-14-20-15-35(10-9-21(20)25(33)37)28-31-12-19(13-32-28)17-7-8-22-23(11-17)36(34(2)26(22)38)16-18-5-3-4-6-24(18)39-27(29)30/h3-8,11-13,20-21,25,27,37H,9-10,14-16H2,1-2H3/t20-,21?,25?/m0/s1. The minimum Gasteiger partial charge on any atom is -0.434 e. The summed E-state index contributed by atoms with van der Waals surface area (Å²) in [4.78, 5) is 26.4. The number of aromatic nitrogens is 4. The van der Waals surface area contributed by atoms with Gasteiger partial charge in [-0.15, -0.1) is 0 Å². The first-order valence-electron chi connectivity index (χ1n) is 13.0. The normalized spacial score (nSPS) is 21.6. The lowest BCUT2D eigenvalue weighted by atomic mass is 9.88. The number of fused-ring (bicyclic) bond motifs is 2. The van der Waals surface area contributed by atoms with E-state index in [4.69, 9.17) is 4.74 Å². The average molecular weight is 537 g/mol. The van der Waals surface area contributed by atoms with Crippen molar-refractivity contribution in [3.05, 3.63) is 70.8 Å². The fourth-order valence-corrected chi connectivity index (χ4v) is 6.01. The number of anilines is 1. The van der Waals surface area contributed by atoms with Gasteiger partial charge in [-0.05, 0) is 43.1 Å². The Labute approximate surface area is 223 Å². The molecule has 11 heteroatoms. The summed E-state index contributed by atoms with van der Waals surface area (Å²) in [5, 5.41) is 10.9. The van der Waals surface area contributed by atoms with E-state index in [0.717, 1.165) is 37.2 Å². The Morgan fingerprint density at radius 1 is 1.08 bits per heavy atom. The molecule has 3 atom stereocenters. The van der Waals surface area contributed by atoms with E-state index in [1.807, 2.05) is 24.1 Å². The van der Waals surface area contributed by atoms with Crippen LogP contribution in [0.2, 0.25) is 0 Å². The summed E-state index contributed by atoms with van der Waals surface area (Å²) in [7, 11) is 3.61. The van der Waals surface area contributed by atoms with E-state index < -0.39 is 6.61 Å². The van der Waals surface area contributed by atoms with Gasteiger partial charge in [0.15, 0.2) is 0 Å². The number of hydrogen-bond acceptors (Lipinski definition) is 7. The third kappa shape index (κ3) is 4.65. The first-order chi connectivity index (χ1) is 18.8. The molecule has 204 valence electrons. The van der Waals surface area contributed by atoms with Crippen molar-refractivity contribution in [1.29, 1.82) is 0 Å². The van der Waals surface area contributed by atoms with Crippen molar-refractivity contribution in [2.75, 3.05) is 31.6 Å². The Hall–Kier alpha value is -3.83. The molecule has 4 heterocycles. The van der Waals surface area contributed by atoms with Crippen LogP contribution in [0.3, 0.4) is 0 Å². The third-order valence-corrected chi connectivity index (χ3v) is 8.08. The minimum absolute atomic E-state index is 0.0738. The van der Waals surface area contributed by atoms with Crippen LogP contribution in [0.4, 0.5) is 14.7 Å². The van der Waals surface area contributed by atoms with Crippen molar-refractivity contribution in [2.45, 2.75) is 25.8 Å². The van der Waals surface area contributed by atoms with E-state index in [9.17, 15) is 18.7 Å². The molecule has 2 aliphatic rings. The summed E-state index contributed by atoms with van der Waals surface area (Å²) in [5.41, 5.74) is 2.66. The number of halogens is 2. The highest BCUT2D eigenvalue weighted by atomic mass is 19.3. The van der Waals surface area contributed by atoms with Gasteiger partial charge in [0.05, 0.1) is 17.4 Å². The van der Waals surface area contributed by atoms with Crippen LogP contribution >= 0.6 is 0 Å². The molecule has 2 aliphatic heterocycles. The van der Waals surface area contributed by atoms with E-state index in [-0.39, 0.29) is 30.0 Å². The molecule has 0 bridgehead atoms. The molecule has 6 rings (SSSR count). The highest BCUT2D eigenvalue weighted by Gasteiger charge is 2.42. The Morgan fingerprint density at radius 2 is 1.85 bits per heavy atom. The number of aliphatic hydroxyl groups excluding tert-OH is 1. The van der Waals surface area contributed by atoms with Crippen LogP contribution in [-0.4, -0.2) is 68.9 Å². The average Bonchev–Trinajstić information content (AvgIpc) is 3.35. The molecule has 2 saturated heterocycles. The van der Waals surface area contributed by atoms with Crippen LogP contribution in [0.1, 0.15) is 12.0 Å². The molecular weight excluding hydrogens is 506 g/mol. The van der Waals surface area contributed by atoms with Crippen molar-refractivity contribution in [3.8, 4) is 16.9 Å². The largest absolute Gasteiger partial charge is 0.434 e. The number of alkyl halides is 2. The molecule has 39 heavy (non-hydrogen) atoms. The van der Waals surface area contributed by atoms with Crippen LogP contribution in [-0.2, 0) is 13.6 Å². The molecular formula is C28H30F2N6O3. The number of hydrogen-bond donors (Lipinski definition) is 1. The van der Waals surface area contributed by atoms with Crippen LogP contribution in [0.15, 0.2) is 59.7 Å². The van der Waals surface area contributed by atoms with E-state index in [1.54, 1.807) is 48.4 Å². The molecule has 2 unspecified atom stereocenters. The molecule has 0 spiro atoms. The second-order valence-electron chi connectivity index (χ2n) is 10.4. The van der Waals surface area contributed by atoms with Crippen molar-refractivity contribution >= 4 is 16.9 Å². The second kappa shape index (κ2) is 10.0. The number of rotatable bonds is 6. The fraction of sp³-hybridized carbons (Fsp3) is 0.393. The molecule has 2 aromatic carbocycles. The molecule has 2 fully saturated rings. The van der Waals surface area contributed by atoms with Gasteiger partial charge in [0.2, 0.25) is 5.95 Å². The Kier molecular flexibility index (Phi) is 6.56. The Bertz CT molecular complexity index is 1550. The van der Waals surface area contributed by atoms with Gasteiger partial charge in [-0.2, -0.15) is 8.78 Å². The maximum absolute atomic E-state index is 12.9. The molecule has 4 aromatic rings. The zero-order valence-electron chi connectivity index (χ0n) is 21.7.